The molecule has 0 fully saturated rings. The predicted molar refractivity (Wildman–Crippen MR) is 109 cm³/mol. The standard InChI is InChI=1S/C22H25N3O2/c1-2-3-4-7-14-27-19-12-10-17(11-13-19)22(26)25-24-16-18-15-23-21-9-6-5-8-20(18)21/h5-6,8-13,15-16,23H,2-4,7,14H2,1H3,(H,25,26). The Morgan fingerprint density at radius 3 is 2.74 bits per heavy atom. The van der Waals surface area contributed by atoms with Crippen LogP contribution < -0.4 is 10.2 Å². The van der Waals surface area contributed by atoms with Crippen molar-refractivity contribution in [1.82, 2.24) is 10.4 Å². The maximum Gasteiger partial charge on any atom is 0.271 e. The fourth-order valence-corrected chi connectivity index (χ4v) is 2.85. The summed E-state index contributed by atoms with van der Waals surface area (Å²) in [7, 11) is 0. The summed E-state index contributed by atoms with van der Waals surface area (Å²) in [6, 6.07) is 15.1. The number of nitrogens with zero attached hydrogens (tertiary/aromatic N) is 1. The van der Waals surface area contributed by atoms with Gasteiger partial charge in [0.15, 0.2) is 0 Å². The van der Waals surface area contributed by atoms with Crippen LogP contribution in [0.15, 0.2) is 59.8 Å². The van der Waals surface area contributed by atoms with Crippen molar-refractivity contribution in [2.45, 2.75) is 32.6 Å². The number of carbonyl (C=O) groups excluding carboxylic acids is 1. The Morgan fingerprint density at radius 2 is 1.93 bits per heavy atom. The zero-order valence-corrected chi connectivity index (χ0v) is 15.6. The molecular weight excluding hydrogens is 338 g/mol. The molecule has 27 heavy (non-hydrogen) atoms. The molecule has 3 rings (SSSR count). The van der Waals surface area contributed by atoms with E-state index in [-0.39, 0.29) is 5.91 Å². The van der Waals surface area contributed by atoms with Crippen molar-refractivity contribution in [3.05, 3.63) is 65.9 Å². The van der Waals surface area contributed by atoms with Crippen LogP contribution >= 0.6 is 0 Å². The van der Waals surface area contributed by atoms with Gasteiger partial charge in [-0.05, 0) is 36.8 Å². The molecule has 0 bridgehead atoms. The first-order chi connectivity index (χ1) is 13.3. The van der Waals surface area contributed by atoms with E-state index < -0.39 is 0 Å². The Balaban J connectivity index is 1.50. The van der Waals surface area contributed by atoms with Crippen LogP contribution in [-0.4, -0.2) is 23.7 Å². The highest BCUT2D eigenvalue weighted by Crippen LogP contribution is 2.16. The third kappa shape index (κ3) is 5.20. The first-order valence-electron chi connectivity index (χ1n) is 9.40. The number of benzene rings is 2. The largest absolute Gasteiger partial charge is 0.494 e. The Kier molecular flexibility index (Phi) is 6.63. The van der Waals surface area contributed by atoms with E-state index >= 15 is 0 Å². The Labute approximate surface area is 159 Å². The second-order valence-corrected chi connectivity index (χ2v) is 6.42. The number of ether oxygens (including phenoxy) is 1. The molecule has 0 atom stereocenters. The Bertz CT molecular complexity index is 897. The lowest BCUT2D eigenvalue weighted by atomic mass is 10.2. The van der Waals surface area contributed by atoms with Crippen LogP contribution in [0.1, 0.15) is 48.5 Å². The van der Waals surface area contributed by atoms with Crippen molar-refractivity contribution in [1.29, 1.82) is 0 Å². The number of nitrogens with one attached hydrogen (secondary N) is 2. The van der Waals surface area contributed by atoms with Crippen LogP contribution in [0.3, 0.4) is 0 Å². The summed E-state index contributed by atoms with van der Waals surface area (Å²) in [5.74, 6) is 0.533. The topological polar surface area (TPSA) is 66.5 Å². The van der Waals surface area contributed by atoms with Gasteiger partial charge in [0.25, 0.3) is 5.91 Å². The Morgan fingerprint density at radius 1 is 1.11 bits per heavy atom. The highest BCUT2D eigenvalue weighted by molar-refractivity contribution is 6.00. The monoisotopic (exact) mass is 363 g/mol. The molecule has 0 aliphatic rings. The van der Waals surface area contributed by atoms with Crippen LogP contribution in [-0.2, 0) is 0 Å². The minimum absolute atomic E-state index is 0.249. The lowest BCUT2D eigenvalue weighted by Gasteiger charge is -2.06. The van der Waals surface area contributed by atoms with Crippen molar-refractivity contribution in [2.75, 3.05) is 6.61 Å². The lowest BCUT2D eigenvalue weighted by Crippen LogP contribution is -2.17. The molecule has 1 amide bonds. The second-order valence-electron chi connectivity index (χ2n) is 6.42. The van der Waals surface area contributed by atoms with Crippen LogP contribution in [0.4, 0.5) is 0 Å². The summed E-state index contributed by atoms with van der Waals surface area (Å²) in [5.41, 5.74) is 5.08. The molecule has 5 nitrogen and oxygen atoms in total. The highest BCUT2D eigenvalue weighted by atomic mass is 16.5. The second kappa shape index (κ2) is 9.57. The van der Waals surface area contributed by atoms with Crippen LogP contribution in [0, 0.1) is 0 Å². The molecular formula is C22H25N3O2. The van der Waals surface area contributed by atoms with E-state index in [4.69, 9.17) is 4.74 Å². The minimum Gasteiger partial charge on any atom is -0.494 e. The van der Waals surface area contributed by atoms with Crippen molar-refractivity contribution < 1.29 is 9.53 Å². The van der Waals surface area contributed by atoms with E-state index in [9.17, 15) is 4.79 Å². The average Bonchev–Trinajstić information content (AvgIpc) is 3.11. The normalized spacial score (nSPS) is 11.1. The van der Waals surface area contributed by atoms with Crippen LogP contribution in [0.25, 0.3) is 10.9 Å². The van der Waals surface area contributed by atoms with E-state index in [2.05, 4.69) is 22.4 Å². The van der Waals surface area contributed by atoms with E-state index in [1.54, 1.807) is 18.3 Å². The number of hydrogen-bond donors (Lipinski definition) is 2. The van der Waals surface area contributed by atoms with E-state index in [1.807, 2.05) is 42.6 Å². The lowest BCUT2D eigenvalue weighted by molar-refractivity contribution is 0.0955. The molecule has 3 aromatic rings. The number of hydrazone groups is 1. The summed E-state index contributed by atoms with van der Waals surface area (Å²) in [4.78, 5) is 15.4. The van der Waals surface area contributed by atoms with Gasteiger partial charge in [-0.3, -0.25) is 4.79 Å². The van der Waals surface area contributed by atoms with Crippen molar-refractivity contribution in [2.24, 2.45) is 5.10 Å². The summed E-state index contributed by atoms with van der Waals surface area (Å²) in [6.45, 7) is 2.90. The summed E-state index contributed by atoms with van der Waals surface area (Å²) < 4.78 is 5.69. The van der Waals surface area contributed by atoms with Gasteiger partial charge in [0, 0.05) is 28.2 Å². The molecule has 1 heterocycles. The zero-order chi connectivity index (χ0) is 18.9. The van der Waals surface area contributed by atoms with Gasteiger partial charge >= 0.3 is 0 Å². The smallest absolute Gasteiger partial charge is 0.271 e. The summed E-state index contributed by atoms with van der Waals surface area (Å²) in [6.07, 6.45) is 8.20. The van der Waals surface area contributed by atoms with Gasteiger partial charge in [-0.1, -0.05) is 44.4 Å². The molecule has 5 heteroatoms. The average molecular weight is 363 g/mol. The third-order valence-corrected chi connectivity index (χ3v) is 4.37. The SMILES string of the molecule is CCCCCCOc1ccc(C(=O)NN=Cc2c[nH]c3ccccc23)cc1. The molecule has 1 aromatic heterocycles. The fourth-order valence-electron chi connectivity index (χ4n) is 2.85. The molecule has 2 N–H and O–H groups in total. The molecule has 0 saturated heterocycles. The predicted octanol–water partition coefficient (Wildman–Crippen LogP) is 4.89. The zero-order valence-electron chi connectivity index (χ0n) is 15.6. The van der Waals surface area contributed by atoms with Gasteiger partial charge in [-0.25, -0.2) is 5.43 Å². The maximum absolute atomic E-state index is 12.2. The summed E-state index contributed by atoms with van der Waals surface area (Å²) >= 11 is 0. The summed E-state index contributed by atoms with van der Waals surface area (Å²) in [5, 5.41) is 5.13. The maximum atomic E-state index is 12.2. The number of hydrogen-bond acceptors (Lipinski definition) is 3. The van der Waals surface area contributed by atoms with Gasteiger partial charge < -0.3 is 9.72 Å². The Hall–Kier alpha value is -3.08. The van der Waals surface area contributed by atoms with E-state index in [0.29, 0.717) is 12.2 Å². The molecule has 0 unspecified atom stereocenters. The number of aromatic amines is 1. The van der Waals surface area contributed by atoms with Gasteiger partial charge in [-0.15, -0.1) is 0 Å². The molecule has 0 spiro atoms. The van der Waals surface area contributed by atoms with Gasteiger partial charge in [-0.2, -0.15) is 5.10 Å². The number of unbranched alkanes of at least 4 members (excludes halogenated alkanes) is 3. The quantitative estimate of drug-likeness (QED) is 0.323. The molecule has 0 saturated carbocycles. The number of H-pyrrole nitrogens is 1. The number of amides is 1. The first kappa shape index (κ1) is 18.7. The van der Waals surface area contributed by atoms with Gasteiger partial charge in [0.2, 0.25) is 0 Å². The van der Waals surface area contributed by atoms with Gasteiger partial charge in [0.1, 0.15) is 5.75 Å². The third-order valence-electron chi connectivity index (χ3n) is 4.37. The number of para-hydroxylation sites is 1. The van der Waals surface area contributed by atoms with Crippen molar-refractivity contribution in [3.8, 4) is 5.75 Å². The molecule has 0 aliphatic carbocycles. The number of fused-ring (bicyclic) bond motifs is 1. The van der Waals surface area contributed by atoms with Crippen LogP contribution in [0.2, 0.25) is 0 Å². The van der Waals surface area contributed by atoms with Crippen molar-refractivity contribution in [3.63, 3.8) is 0 Å². The highest BCUT2D eigenvalue weighted by Gasteiger charge is 2.05. The minimum atomic E-state index is -0.249. The first-order valence-corrected chi connectivity index (χ1v) is 9.40. The molecule has 0 radical (unpaired) electrons. The van der Waals surface area contributed by atoms with E-state index in [0.717, 1.165) is 28.6 Å². The number of aromatic nitrogens is 1. The fraction of sp³-hybridized carbons (Fsp3) is 0.273. The van der Waals surface area contributed by atoms with Gasteiger partial charge in [0.05, 0.1) is 12.8 Å². The molecule has 140 valence electrons. The number of rotatable bonds is 9. The van der Waals surface area contributed by atoms with Crippen LogP contribution in [0.5, 0.6) is 5.75 Å². The molecule has 0 aliphatic heterocycles. The number of carbonyl (C=O) groups is 1. The van der Waals surface area contributed by atoms with E-state index in [1.165, 1.54) is 19.3 Å². The molecule has 2 aromatic carbocycles. The van der Waals surface area contributed by atoms with Crippen molar-refractivity contribution >= 4 is 23.0 Å².